The third-order valence-corrected chi connectivity index (χ3v) is 3.93. The van der Waals surface area contributed by atoms with Crippen LogP contribution in [0.5, 0.6) is 0 Å². The van der Waals surface area contributed by atoms with Gasteiger partial charge in [-0.1, -0.05) is 36.8 Å². The first kappa shape index (κ1) is 13.1. The number of fused-ring (bicyclic) bond motifs is 1. The lowest BCUT2D eigenvalue weighted by Crippen LogP contribution is -2.43. The smallest absolute Gasteiger partial charge is 0.251 e. The molecule has 3 rings (SSSR count). The minimum atomic E-state index is 0.0168. The minimum Gasteiger partial charge on any atom is -0.350 e. The van der Waals surface area contributed by atoms with Crippen LogP contribution >= 0.6 is 0 Å². The van der Waals surface area contributed by atoms with Crippen LogP contribution < -0.4 is 10.6 Å². The highest BCUT2D eigenvalue weighted by atomic mass is 16.1. The molecule has 1 heterocycles. The van der Waals surface area contributed by atoms with Crippen molar-refractivity contribution in [1.29, 1.82) is 0 Å². The molecular formula is C17H20N2O. The van der Waals surface area contributed by atoms with Crippen LogP contribution in [0.15, 0.2) is 42.5 Å². The molecule has 3 heteroatoms. The number of rotatable bonds is 3. The molecule has 2 N–H and O–H groups in total. The Hall–Kier alpha value is -1.87. The molecule has 0 bridgehead atoms. The van der Waals surface area contributed by atoms with E-state index in [1.165, 1.54) is 12.8 Å². The zero-order valence-electron chi connectivity index (χ0n) is 11.6. The van der Waals surface area contributed by atoms with Crippen LogP contribution in [-0.2, 0) is 0 Å². The van der Waals surface area contributed by atoms with Crippen molar-refractivity contribution >= 4 is 16.7 Å². The van der Waals surface area contributed by atoms with Gasteiger partial charge in [-0.25, -0.2) is 0 Å². The number of hydrogen-bond acceptors (Lipinski definition) is 2. The van der Waals surface area contributed by atoms with Crippen molar-refractivity contribution < 1.29 is 4.79 Å². The lowest BCUT2D eigenvalue weighted by atomic mass is 10.0. The molecule has 1 aliphatic rings. The molecule has 1 fully saturated rings. The highest BCUT2D eigenvalue weighted by molar-refractivity contribution is 5.98. The fraction of sp³-hybridized carbons (Fsp3) is 0.353. The van der Waals surface area contributed by atoms with E-state index in [2.05, 4.69) is 16.7 Å². The first-order chi connectivity index (χ1) is 9.83. The fourth-order valence-electron chi connectivity index (χ4n) is 2.75. The molecule has 0 spiro atoms. The quantitative estimate of drug-likeness (QED) is 0.898. The van der Waals surface area contributed by atoms with E-state index in [-0.39, 0.29) is 5.91 Å². The van der Waals surface area contributed by atoms with Crippen molar-refractivity contribution in [1.82, 2.24) is 10.6 Å². The molecule has 0 aliphatic carbocycles. The molecule has 0 radical (unpaired) electrons. The number of amides is 1. The van der Waals surface area contributed by atoms with Crippen LogP contribution in [0.4, 0.5) is 0 Å². The average molecular weight is 268 g/mol. The van der Waals surface area contributed by atoms with Crippen LogP contribution in [-0.4, -0.2) is 25.0 Å². The van der Waals surface area contributed by atoms with Crippen LogP contribution in [0, 0.1) is 0 Å². The van der Waals surface area contributed by atoms with E-state index in [0.717, 1.165) is 29.3 Å². The van der Waals surface area contributed by atoms with Gasteiger partial charge in [0.15, 0.2) is 0 Å². The summed E-state index contributed by atoms with van der Waals surface area (Å²) in [6.07, 6.45) is 3.65. The number of carbonyl (C=O) groups is 1. The third kappa shape index (κ3) is 2.99. The number of benzene rings is 2. The van der Waals surface area contributed by atoms with Crippen LogP contribution in [0.3, 0.4) is 0 Å². The molecule has 1 saturated heterocycles. The monoisotopic (exact) mass is 268 g/mol. The molecule has 0 aromatic heterocycles. The van der Waals surface area contributed by atoms with Crippen molar-refractivity contribution in [2.45, 2.75) is 25.3 Å². The molecule has 0 saturated carbocycles. The van der Waals surface area contributed by atoms with Gasteiger partial charge in [-0.15, -0.1) is 0 Å². The van der Waals surface area contributed by atoms with Crippen LogP contribution in [0.1, 0.15) is 29.6 Å². The van der Waals surface area contributed by atoms with E-state index in [1.807, 2.05) is 36.4 Å². The summed E-state index contributed by atoms with van der Waals surface area (Å²) in [6.45, 7) is 1.78. The summed E-state index contributed by atoms with van der Waals surface area (Å²) in [7, 11) is 0. The Morgan fingerprint density at radius 2 is 2.00 bits per heavy atom. The predicted octanol–water partition coefficient (Wildman–Crippen LogP) is 2.71. The minimum absolute atomic E-state index is 0.0168. The molecule has 1 unspecified atom stereocenters. The first-order valence-electron chi connectivity index (χ1n) is 7.33. The maximum atomic E-state index is 12.2. The lowest BCUT2D eigenvalue weighted by Gasteiger charge is -2.23. The van der Waals surface area contributed by atoms with E-state index in [9.17, 15) is 4.79 Å². The second kappa shape index (κ2) is 6.06. The van der Waals surface area contributed by atoms with Gasteiger partial charge in [0.1, 0.15) is 0 Å². The second-order valence-corrected chi connectivity index (χ2v) is 5.42. The molecule has 20 heavy (non-hydrogen) atoms. The number of hydrogen-bond donors (Lipinski definition) is 2. The topological polar surface area (TPSA) is 41.1 Å². The van der Waals surface area contributed by atoms with E-state index in [4.69, 9.17) is 0 Å². The van der Waals surface area contributed by atoms with E-state index in [1.54, 1.807) is 0 Å². The summed E-state index contributed by atoms with van der Waals surface area (Å²) in [5.74, 6) is 0.0168. The zero-order chi connectivity index (χ0) is 13.8. The molecular weight excluding hydrogens is 248 g/mol. The fourth-order valence-corrected chi connectivity index (χ4v) is 2.75. The molecule has 2 aromatic carbocycles. The Labute approximate surface area is 119 Å². The second-order valence-electron chi connectivity index (χ2n) is 5.42. The van der Waals surface area contributed by atoms with Gasteiger partial charge in [0.2, 0.25) is 0 Å². The van der Waals surface area contributed by atoms with Gasteiger partial charge in [0, 0.05) is 18.2 Å². The molecule has 1 atom stereocenters. The zero-order valence-corrected chi connectivity index (χ0v) is 11.6. The van der Waals surface area contributed by atoms with E-state index >= 15 is 0 Å². The SMILES string of the molecule is O=C(NCC1CCCCN1)c1ccc2ccccc2c1. The molecule has 104 valence electrons. The first-order valence-corrected chi connectivity index (χ1v) is 7.33. The van der Waals surface area contributed by atoms with Crippen molar-refractivity contribution in [3.05, 3.63) is 48.0 Å². The molecule has 1 amide bonds. The maximum absolute atomic E-state index is 12.2. The number of carbonyl (C=O) groups excluding carboxylic acids is 1. The summed E-state index contributed by atoms with van der Waals surface area (Å²) >= 11 is 0. The Bertz CT molecular complexity index is 603. The van der Waals surface area contributed by atoms with Gasteiger partial charge in [0.25, 0.3) is 5.91 Å². The summed E-state index contributed by atoms with van der Waals surface area (Å²) in [6, 6.07) is 14.4. The van der Waals surface area contributed by atoms with E-state index in [0.29, 0.717) is 12.6 Å². The van der Waals surface area contributed by atoms with Gasteiger partial charge < -0.3 is 10.6 Å². The van der Waals surface area contributed by atoms with Crippen molar-refractivity contribution in [2.75, 3.05) is 13.1 Å². The van der Waals surface area contributed by atoms with Crippen LogP contribution in [0.2, 0.25) is 0 Å². The van der Waals surface area contributed by atoms with Crippen molar-refractivity contribution in [3.8, 4) is 0 Å². The highest BCUT2D eigenvalue weighted by Crippen LogP contribution is 2.15. The van der Waals surface area contributed by atoms with Gasteiger partial charge in [0.05, 0.1) is 0 Å². The van der Waals surface area contributed by atoms with Gasteiger partial charge in [-0.05, 0) is 42.3 Å². The standard InChI is InChI=1S/C17H20N2O/c20-17(19-12-16-7-3-4-10-18-16)15-9-8-13-5-1-2-6-14(13)11-15/h1-2,5-6,8-9,11,16,18H,3-4,7,10,12H2,(H,19,20). The van der Waals surface area contributed by atoms with Gasteiger partial charge >= 0.3 is 0 Å². The average Bonchev–Trinajstić information content (AvgIpc) is 2.53. The highest BCUT2D eigenvalue weighted by Gasteiger charge is 2.14. The van der Waals surface area contributed by atoms with Gasteiger partial charge in [-0.3, -0.25) is 4.79 Å². The summed E-state index contributed by atoms with van der Waals surface area (Å²) in [5, 5.41) is 8.74. The Morgan fingerprint density at radius 1 is 1.15 bits per heavy atom. The Kier molecular flexibility index (Phi) is 3.97. The summed E-state index contributed by atoms with van der Waals surface area (Å²) in [5.41, 5.74) is 0.736. The molecule has 2 aromatic rings. The normalized spacial score (nSPS) is 18.9. The summed E-state index contributed by atoms with van der Waals surface area (Å²) in [4.78, 5) is 12.2. The lowest BCUT2D eigenvalue weighted by molar-refractivity contribution is 0.0948. The molecule has 3 nitrogen and oxygen atoms in total. The largest absolute Gasteiger partial charge is 0.350 e. The Morgan fingerprint density at radius 3 is 2.80 bits per heavy atom. The predicted molar refractivity (Wildman–Crippen MR) is 81.9 cm³/mol. The van der Waals surface area contributed by atoms with E-state index < -0.39 is 0 Å². The molecule has 1 aliphatic heterocycles. The van der Waals surface area contributed by atoms with Crippen molar-refractivity contribution in [3.63, 3.8) is 0 Å². The van der Waals surface area contributed by atoms with Gasteiger partial charge in [-0.2, -0.15) is 0 Å². The van der Waals surface area contributed by atoms with Crippen LogP contribution in [0.25, 0.3) is 10.8 Å². The third-order valence-electron chi connectivity index (χ3n) is 3.93. The van der Waals surface area contributed by atoms with Crippen molar-refractivity contribution in [2.24, 2.45) is 0 Å². The number of nitrogens with one attached hydrogen (secondary N) is 2. The maximum Gasteiger partial charge on any atom is 0.251 e. The summed E-state index contributed by atoms with van der Waals surface area (Å²) < 4.78 is 0. The Balaban J connectivity index is 1.65. The number of piperidine rings is 1.